The van der Waals surface area contributed by atoms with Gasteiger partial charge in [0.1, 0.15) is 6.10 Å². The first-order valence-corrected chi connectivity index (χ1v) is 6.42. The molecule has 0 spiro atoms. The van der Waals surface area contributed by atoms with E-state index in [4.69, 9.17) is 9.47 Å². The molecule has 0 atom stereocenters. The van der Waals surface area contributed by atoms with Crippen LogP contribution in [0.1, 0.15) is 32.2 Å². The summed E-state index contributed by atoms with van der Waals surface area (Å²) in [7, 11) is 0. The van der Waals surface area contributed by atoms with Crippen molar-refractivity contribution in [2.24, 2.45) is 0 Å². The van der Waals surface area contributed by atoms with Crippen molar-refractivity contribution in [1.29, 1.82) is 0 Å². The molecule has 0 amide bonds. The fourth-order valence-electron chi connectivity index (χ4n) is 1.58. The van der Waals surface area contributed by atoms with Crippen LogP contribution in [0.2, 0.25) is 0 Å². The van der Waals surface area contributed by atoms with Crippen molar-refractivity contribution in [3.63, 3.8) is 0 Å². The predicted octanol–water partition coefficient (Wildman–Crippen LogP) is 1.89. The van der Waals surface area contributed by atoms with Crippen LogP contribution in [-0.2, 0) is 22.6 Å². The molecule has 1 aromatic rings. The van der Waals surface area contributed by atoms with Gasteiger partial charge in [0.2, 0.25) is 0 Å². The SMILES string of the molecule is CC(C)(C)NCc1cccc(COC2COC2)n1. The maximum absolute atomic E-state index is 5.66. The molecule has 0 unspecified atom stereocenters. The van der Waals surface area contributed by atoms with Crippen molar-refractivity contribution in [3.8, 4) is 0 Å². The minimum Gasteiger partial charge on any atom is -0.376 e. The number of rotatable bonds is 5. The van der Waals surface area contributed by atoms with E-state index in [0.29, 0.717) is 19.8 Å². The predicted molar refractivity (Wildman–Crippen MR) is 70.2 cm³/mol. The van der Waals surface area contributed by atoms with Crippen molar-refractivity contribution >= 4 is 0 Å². The lowest BCUT2D eigenvalue weighted by Crippen LogP contribution is -2.36. The van der Waals surface area contributed by atoms with Gasteiger partial charge in [0.05, 0.1) is 31.2 Å². The molecular weight excluding hydrogens is 228 g/mol. The lowest BCUT2D eigenvalue weighted by Gasteiger charge is -2.25. The van der Waals surface area contributed by atoms with Crippen LogP contribution in [0.5, 0.6) is 0 Å². The minimum atomic E-state index is 0.109. The standard InChI is InChI=1S/C14H22N2O2/c1-14(2,3)15-7-11-5-4-6-12(16-11)8-18-13-9-17-10-13/h4-6,13,15H,7-10H2,1-3H3. The first-order chi connectivity index (χ1) is 8.53. The number of pyridine rings is 1. The Morgan fingerprint density at radius 1 is 1.33 bits per heavy atom. The average molecular weight is 250 g/mol. The van der Waals surface area contributed by atoms with Gasteiger partial charge in [-0.1, -0.05) is 6.07 Å². The van der Waals surface area contributed by atoms with E-state index in [1.807, 2.05) is 18.2 Å². The van der Waals surface area contributed by atoms with Gasteiger partial charge in [-0.25, -0.2) is 0 Å². The normalized spacial score (nSPS) is 16.6. The van der Waals surface area contributed by atoms with Crippen LogP contribution < -0.4 is 5.32 Å². The van der Waals surface area contributed by atoms with Crippen molar-refractivity contribution in [2.45, 2.75) is 45.6 Å². The third-order valence-electron chi connectivity index (χ3n) is 2.74. The Hall–Kier alpha value is -0.970. The summed E-state index contributed by atoms with van der Waals surface area (Å²) in [5, 5.41) is 3.43. The second-order valence-corrected chi connectivity index (χ2v) is 5.69. The summed E-state index contributed by atoms with van der Waals surface area (Å²) in [6.45, 7) is 9.22. The summed E-state index contributed by atoms with van der Waals surface area (Å²) in [6.07, 6.45) is 0.253. The van der Waals surface area contributed by atoms with Crippen LogP contribution in [0.3, 0.4) is 0 Å². The molecule has 2 heterocycles. The highest BCUT2D eigenvalue weighted by Crippen LogP contribution is 2.09. The maximum Gasteiger partial charge on any atom is 0.105 e. The van der Waals surface area contributed by atoms with Crippen LogP contribution in [0.4, 0.5) is 0 Å². The molecule has 1 aliphatic rings. The van der Waals surface area contributed by atoms with Gasteiger partial charge in [0.15, 0.2) is 0 Å². The van der Waals surface area contributed by atoms with Crippen LogP contribution in [0, 0.1) is 0 Å². The number of hydrogen-bond acceptors (Lipinski definition) is 4. The lowest BCUT2D eigenvalue weighted by atomic mass is 10.1. The molecule has 4 heteroatoms. The Morgan fingerprint density at radius 3 is 2.67 bits per heavy atom. The van der Waals surface area contributed by atoms with E-state index in [9.17, 15) is 0 Å². The first-order valence-electron chi connectivity index (χ1n) is 6.42. The van der Waals surface area contributed by atoms with E-state index >= 15 is 0 Å². The first kappa shape index (κ1) is 13.5. The zero-order valence-corrected chi connectivity index (χ0v) is 11.4. The van der Waals surface area contributed by atoms with Crippen LogP contribution in [0.25, 0.3) is 0 Å². The van der Waals surface area contributed by atoms with Gasteiger partial charge >= 0.3 is 0 Å². The van der Waals surface area contributed by atoms with Crippen LogP contribution in [0.15, 0.2) is 18.2 Å². The number of nitrogens with one attached hydrogen (secondary N) is 1. The van der Waals surface area contributed by atoms with E-state index in [1.165, 1.54) is 0 Å². The number of aromatic nitrogens is 1. The van der Waals surface area contributed by atoms with Gasteiger partial charge in [-0.3, -0.25) is 4.98 Å². The summed E-state index contributed by atoms with van der Waals surface area (Å²) in [5.41, 5.74) is 2.14. The number of nitrogens with zero attached hydrogens (tertiary/aromatic N) is 1. The van der Waals surface area contributed by atoms with E-state index in [-0.39, 0.29) is 11.6 Å². The van der Waals surface area contributed by atoms with Crippen molar-refractivity contribution < 1.29 is 9.47 Å². The van der Waals surface area contributed by atoms with Crippen molar-refractivity contribution in [3.05, 3.63) is 29.6 Å². The van der Waals surface area contributed by atoms with Crippen molar-refractivity contribution in [1.82, 2.24) is 10.3 Å². The molecule has 0 radical (unpaired) electrons. The summed E-state index contributed by atoms with van der Waals surface area (Å²) in [6, 6.07) is 6.07. The Balaban J connectivity index is 1.84. The zero-order valence-electron chi connectivity index (χ0n) is 11.4. The number of ether oxygens (including phenoxy) is 2. The van der Waals surface area contributed by atoms with Gasteiger partial charge in [-0.2, -0.15) is 0 Å². The Kier molecular flexibility index (Phi) is 4.32. The molecule has 1 fully saturated rings. The Labute approximate surface area is 109 Å². The quantitative estimate of drug-likeness (QED) is 0.866. The molecule has 18 heavy (non-hydrogen) atoms. The van der Waals surface area contributed by atoms with Crippen LogP contribution >= 0.6 is 0 Å². The third-order valence-corrected chi connectivity index (χ3v) is 2.74. The molecule has 1 N–H and O–H groups in total. The molecule has 4 nitrogen and oxygen atoms in total. The monoisotopic (exact) mass is 250 g/mol. The molecule has 1 saturated heterocycles. The summed E-state index contributed by atoms with van der Waals surface area (Å²) in [4.78, 5) is 4.58. The van der Waals surface area contributed by atoms with Gasteiger partial charge < -0.3 is 14.8 Å². The topological polar surface area (TPSA) is 43.4 Å². The van der Waals surface area contributed by atoms with E-state index in [2.05, 4.69) is 31.1 Å². The molecule has 0 aliphatic carbocycles. The fraction of sp³-hybridized carbons (Fsp3) is 0.643. The highest BCUT2D eigenvalue weighted by molar-refractivity contribution is 5.10. The van der Waals surface area contributed by atoms with Gasteiger partial charge in [-0.05, 0) is 32.9 Å². The molecular formula is C14H22N2O2. The smallest absolute Gasteiger partial charge is 0.105 e. The molecule has 0 bridgehead atoms. The van der Waals surface area contributed by atoms with E-state index < -0.39 is 0 Å². The van der Waals surface area contributed by atoms with Crippen molar-refractivity contribution in [2.75, 3.05) is 13.2 Å². The fourth-order valence-corrected chi connectivity index (χ4v) is 1.58. The molecule has 1 aromatic heterocycles. The van der Waals surface area contributed by atoms with E-state index in [0.717, 1.165) is 17.9 Å². The minimum absolute atomic E-state index is 0.109. The second-order valence-electron chi connectivity index (χ2n) is 5.69. The van der Waals surface area contributed by atoms with Gasteiger partial charge in [-0.15, -0.1) is 0 Å². The van der Waals surface area contributed by atoms with Gasteiger partial charge in [0, 0.05) is 12.1 Å². The lowest BCUT2D eigenvalue weighted by molar-refractivity contribution is -0.135. The third kappa shape index (κ3) is 4.37. The van der Waals surface area contributed by atoms with Crippen LogP contribution in [-0.4, -0.2) is 29.8 Å². The molecule has 2 rings (SSSR count). The molecule has 1 aliphatic heterocycles. The molecule has 100 valence electrons. The highest BCUT2D eigenvalue weighted by atomic mass is 16.6. The summed E-state index contributed by atoms with van der Waals surface area (Å²) >= 11 is 0. The molecule has 0 saturated carbocycles. The largest absolute Gasteiger partial charge is 0.376 e. The molecule has 0 aromatic carbocycles. The maximum atomic E-state index is 5.66. The summed E-state index contributed by atoms with van der Waals surface area (Å²) in [5.74, 6) is 0. The number of hydrogen-bond donors (Lipinski definition) is 1. The second kappa shape index (κ2) is 5.78. The van der Waals surface area contributed by atoms with E-state index in [1.54, 1.807) is 0 Å². The Bertz CT molecular complexity index is 384. The summed E-state index contributed by atoms with van der Waals surface area (Å²) < 4.78 is 10.7. The highest BCUT2D eigenvalue weighted by Gasteiger charge is 2.18. The average Bonchev–Trinajstić information content (AvgIpc) is 2.24. The van der Waals surface area contributed by atoms with Gasteiger partial charge in [0.25, 0.3) is 0 Å². The Morgan fingerprint density at radius 2 is 2.06 bits per heavy atom. The zero-order chi connectivity index (χ0) is 13.0.